The highest BCUT2D eigenvalue weighted by molar-refractivity contribution is 7.79. The zero-order chi connectivity index (χ0) is 31.9. The van der Waals surface area contributed by atoms with E-state index in [4.69, 9.17) is 25.8 Å². The zero-order valence-electron chi connectivity index (χ0n) is 26.9. The molecule has 4 aliphatic rings. The molecule has 0 saturated heterocycles. The summed E-state index contributed by atoms with van der Waals surface area (Å²) < 4.78 is 38.9. The number of allylic oxidation sites excluding steroid dienone is 1. The van der Waals surface area contributed by atoms with Gasteiger partial charge < -0.3 is 23.7 Å². The Morgan fingerprint density at radius 1 is 1.22 bits per heavy atom. The highest BCUT2D eigenvalue weighted by atomic mass is 35.5. The maximum atomic E-state index is 13.2. The first-order valence-corrected chi connectivity index (χ1v) is 17.9. The highest BCUT2D eigenvalue weighted by Crippen LogP contribution is 2.48. The van der Waals surface area contributed by atoms with Gasteiger partial charge in [0.15, 0.2) is 11.1 Å². The molecule has 6 rings (SSSR count). The molecule has 2 aromatic carbocycles. The van der Waals surface area contributed by atoms with Crippen molar-refractivity contribution < 1.29 is 27.8 Å². The molecule has 45 heavy (non-hydrogen) atoms. The van der Waals surface area contributed by atoms with E-state index in [0.29, 0.717) is 35.7 Å². The van der Waals surface area contributed by atoms with E-state index in [9.17, 15) is 13.6 Å². The van der Waals surface area contributed by atoms with Crippen molar-refractivity contribution >= 4 is 34.3 Å². The number of hydrogen-bond donors (Lipinski definition) is 1. The van der Waals surface area contributed by atoms with Gasteiger partial charge in [0.05, 0.1) is 24.0 Å². The van der Waals surface area contributed by atoms with E-state index < -0.39 is 16.7 Å². The Morgan fingerprint density at radius 3 is 2.71 bits per heavy atom. The van der Waals surface area contributed by atoms with Gasteiger partial charge in [-0.2, -0.15) is 0 Å². The average molecular weight is 656 g/mol. The number of nitrogens with zero attached hydrogens (tertiary/aromatic N) is 1. The van der Waals surface area contributed by atoms with Crippen molar-refractivity contribution in [1.29, 1.82) is 0 Å². The third-order valence-corrected chi connectivity index (χ3v) is 11.0. The molecule has 2 aromatic rings. The predicted molar refractivity (Wildman–Crippen MR) is 179 cm³/mol. The standard InChI is InChI=1S/C36H46ClNO6S/c1-35(2,3)44-34(39)25-8-12-32-31(19-25)38(21-36(22-43-32)14-5-6-24-18-28(37)9-11-30(24)36)20-26-7-10-29(26)33(42-4)27-16-23(17-27)13-15-45(40)41/h8-9,11-12,16,18-19,23,26,29,33H,5-7,10,13-15,17,20-22H2,1-4H3,(H,40,41)/t23?,26-,29+,33+,36-/m0/s1. The number of halogens is 1. The van der Waals surface area contributed by atoms with Gasteiger partial charge in [-0.25, -0.2) is 9.00 Å². The molecule has 7 nitrogen and oxygen atoms in total. The topological polar surface area (TPSA) is 85.3 Å². The van der Waals surface area contributed by atoms with Crippen molar-refractivity contribution in [3.05, 3.63) is 69.8 Å². The number of rotatable bonds is 9. The lowest BCUT2D eigenvalue weighted by Gasteiger charge is -2.48. The molecule has 2 unspecified atom stereocenters. The van der Waals surface area contributed by atoms with Crippen molar-refractivity contribution in [1.82, 2.24) is 0 Å². The van der Waals surface area contributed by atoms with E-state index in [1.807, 2.05) is 45.0 Å². The minimum atomic E-state index is -1.75. The smallest absolute Gasteiger partial charge is 0.338 e. The van der Waals surface area contributed by atoms with Crippen LogP contribution in [-0.4, -0.2) is 59.0 Å². The summed E-state index contributed by atoms with van der Waals surface area (Å²) in [4.78, 5) is 15.6. The van der Waals surface area contributed by atoms with Gasteiger partial charge in [-0.3, -0.25) is 0 Å². The van der Waals surface area contributed by atoms with Crippen LogP contribution in [-0.2, 0) is 32.4 Å². The number of carbonyl (C=O) groups excluding carboxylic acids is 1. The molecule has 1 saturated carbocycles. The Balaban J connectivity index is 1.30. The van der Waals surface area contributed by atoms with Crippen molar-refractivity contribution in [2.24, 2.45) is 17.8 Å². The molecule has 0 bridgehead atoms. The van der Waals surface area contributed by atoms with Gasteiger partial charge >= 0.3 is 5.97 Å². The zero-order valence-corrected chi connectivity index (χ0v) is 28.4. The fourth-order valence-corrected chi connectivity index (χ4v) is 8.60. The third kappa shape index (κ3) is 6.99. The SMILES string of the molecule is CO[C@H](C1=CC(CCS(=O)O)C1)[C@@H]1CC[C@H]1CN1C[C@@]2(CCCc3cc(Cl)ccc32)COc2ccc(C(=O)OC(C)(C)C)cc21. The van der Waals surface area contributed by atoms with Crippen LogP contribution >= 0.6 is 11.6 Å². The Kier molecular flexibility index (Phi) is 9.41. The lowest BCUT2D eigenvalue weighted by atomic mass is 9.65. The summed E-state index contributed by atoms with van der Waals surface area (Å²) in [5.41, 5.74) is 4.62. The van der Waals surface area contributed by atoms with Crippen LogP contribution in [0.25, 0.3) is 0 Å². The molecule has 1 aliphatic heterocycles. The number of anilines is 1. The van der Waals surface area contributed by atoms with Gasteiger partial charge in [0.25, 0.3) is 0 Å². The summed E-state index contributed by atoms with van der Waals surface area (Å²) in [6.07, 6.45) is 9.30. The van der Waals surface area contributed by atoms with Crippen molar-refractivity contribution in [3.63, 3.8) is 0 Å². The molecule has 9 heteroatoms. The van der Waals surface area contributed by atoms with Crippen molar-refractivity contribution in [2.75, 3.05) is 37.5 Å². The van der Waals surface area contributed by atoms with Crippen LogP contribution in [0.3, 0.4) is 0 Å². The monoisotopic (exact) mass is 655 g/mol. The van der Waals surface area contributed by atoms with Crippen LogP contribution in [0.15, 0.2) is 48.0 Å². The van der Waals surface area contributed by atoms with Gasteiger partial charge in [0.2, 0.25) is 0 Å². The predicted octanol–water partition coefficient (Wildman–Crippen LogP) is 7.37. The molecule has 1 spiro atoms. The first-order valence-electron chi connectivity index (χ1n) is 16.3. The maximum absolute atomic E-state index is 13.2. The summed E-state index contributed by atoms with van der Waals surface area (Å²) >= 11 is 4.69. The number of hydrogen-bond acceptors (Lipinski definition) is 6. The Hall–Kier alpha value is -2.39. The van der Waals surface area contributed by atoms with Crippen molar-refractivity contribution in [2.45, 2.75) is 82.8 Å². The van der Waals surface area contributed by atoms with Crippen LogP contribution in [0.4, 0.5) is 5.69 Å². The van der Waals surface area contributed by atoms with E-state index in [-0.39, 0.29) is 17.5 Å². The first-order chi connectivity index (χ1) is 21.4. The molecule has 0 amide bonds. The van der Waals surface area contributed by atoms with E-state index in [1.165, 1.54) is 16.7 Å². The number of benzene rings is 2. The number of ether oxygens (including phenoxy) is 3. The van der Waals surface area contributed by atoms with E-state index in [0.717, 1.165) is 74.5 Å². The number of carbonyl (C=O) groups is 1. The molecule has 0 radical (unpaired) electrons. The van der Waals surface area contributed by atoms with E-state index in [1.54, 1.807) is 7.11 Å². The lowest BCUT2D eigenvalue weighted by Crippen LogP contribution is -2.50. The Bertz CT molecular complexity index is 1490. The first kappa shape index (κ1) is 32.5. The summed E-state index contributed by atoms with van der Waals surface area (Å²) in [6, 6.07) is 12.0. The summed E-state index contributed by atoms with van der Waals surface area (Å²) in [5.74, 6) is 1.94. The second kappa shape index (κ2) is 13.0. The summed E-state index contributed by atoms with van der Waals surface area (Å²) in [6.45, 7) is 7.85. The second-order valence-corrected chi connectivity index (χ2v) is 16.0. The van der Waals surface area contributed by atoms with Crippen LogP contribution in [0, 0.1) is 17.8 Å². The molecule has 1 fully saturated rings. The molecule has 3 aliphatic carbocycles. The van der Waals surface area contributed by atoms with Crippen LogP contribution in [0.5, 0.6) is 5.75 Å². The quantitative estimate of drug-likeness (QED) is 0.172. The summed E-state index contributed by atoms with van der Waals surface area (Å²) in [7, 11) is 1.80. The molecule has 1 N–H and O–H groups in total. The van der Waals surface area contributed by atoms with Gasteiger partial charge in [0.1, 0.15) is 11.4 Å². The van der Waals surface area contributed by atoms with Crippen molar-refractivity contribution in [3.8, 4) is 5.75 Å². The highest BCUT2D eigenvalue weighted by Gasteiger charge is 2.45. The molecular formula is C36H46ClNO6S. The fraction of sp³-hybridized carbons (Fsp3) is 0.583. The Morgan fingerprint density at radius 2 is 2.02 bits per heavy atom. The fourth-order valence-electron chi connectivity index (χ4n) is 7.90. The van der Waals surface area contributed by atoms with E-state index in [2.05, 4.69) is 23.1 Å². The minimum absolute atomic E-state index is 0.0573. The number of aryl methyl sites for hydroxylation is 1. The molecule has 244 valence electrons. The van der Waals surface area contributed by atoms with Crippen LogP contribution in [0.1, 0.15) is 80.8 Å². The summed E-state index contributed by atoms with van der Waals surface area (Å²) in [5, 5.41) is 0.766. The molecule has 1 heterocycles. The molecule has 0 aromatic heterocycles. The maximum Gasteiger partial charge on any atom is 0.338 e. The number of esters is 1. The second-order valence-electron chi connectivity index (χ2n) is 14.5. The van der Waals surface area contributed by atoms with Gasteiger partial charge in [-0.05, 0) is 131 Å². The van der Waals surface area contributed by atoms with Crippen LogP contribution < -0.4 is 9.64 Å². The largest absolute Gasteiger partial charge is 0.490 e. The minimum Gasteiger partial charge on any atom is -0.490 e. The number of fused-ring (bicyclic) bond motifs is 3. The molecule has 6 atom stereocenters. The normalized spacial score (nSPS) is 27.1. The van der Waals surface area contributed by atoms with Gasteiger partial charge in [0, 0.05) is 36.4 Å². The molecular weight excluding hydrogens is 610 g/mol. The van der Waals surface area contributed by atoms with E-state index >= 15 is 0 Å². The average Bonchev–Trinajstić information content (AvgIpc) is 3.09. The third-order valence-electron chi connectivity index (χ3n) is 10.2. The number of methoxy groups -OCH3 is 1. The lowest BCUT2D eigenvalue weighted by molar-refractivity contribution is 0.000512. The van der Waals surface area contributed by atoms with Gasteiger partial charge in [-0.15, -0.1) is 0 Å². The van der Waals surface area contributed by atoms with Crippen LogP contribution in [0.2, 0.25) is 5.02 Å². The Labute approximate surface area is 274 Å². The van der Waals surface area contributed by atoms with Gasteiger partial charge in [-0.1, -0.05) is 23.7 Å².